The summed E-state index contributed by atoms with van der Waals surface area (Å²) in [7, 11) is 0. The van der Waals surface area contributed by atoms with Crippen LogP contribution in [0.25, 0.3) is 0 Å². The lowest BCUT2D eigenvalue weighted by atomic mass is 10.1. The highest BCUT2D eigenvalue weighted by Crippen LogP contribution is 2.34. The number of aliphatic hydroxyl groups excluding tert-OH is 1. The third-order valence-electron chi connectivity index (χ3n) is 3.69. The highest BCUT2D eigenvalue weighted by atomic mass is 32.2. The number of benzene rings is 1. The summed E-state index contributed by atoms with van der Waals surface area (Å²) in [4.78, 5) is 16.4. The first kappa shape index (κ1) is 16.6. The number of thioether (sulfide) groups is 1. The first-order valence-corrected chi connectivity index (χ1v) is 8.76. The quantitative estimate of drug-likeness (QED) is 0.782. The zero-order valence-corrected chi connectivity index (χ0v) is 14.0. The van der Waals surface area contributed by atoms with E-state index in [0.717, 1.165) is 5.56 Å². The summed E-state index contributed by atoms with van der Waals surface area (Å²) in [6.07, 6.45) is 3.25. The summed E-state index contributed by atoms with van der Waals surface area (Å²) < 4.78 is 10.6. The van der Waals surface area contributed by atoms with Gasteiger partial charge in [0.15, 0.2) is 11.5 Å². The van der Waals surface area contributed by atoms with Crippen LogP contribution in [0.15, 0.2) is 41.6 Å². The predicted octanol–water partition coefficient (Wildman–Crippen LogP) is 2.39. The van der Waals surface area contributed by atoms with Gasteiger partial charge < -0.3 is 19.9 Å². The van der Waals surface area contributed by atoms with Gasteiger partial charge in [0.2, 0.25) is 6.79 Å². The summed E-state index contributed by atoms with van der Waals surface area (Å²) in [6.45, 7) is 0.560. The molecule has 0 saturated carbocycles. The minimum absolute atomic E-state index is 0.190. The maximum atomic E-state index is 12.2. The lowest BCUT2D eigenvalue weighted by Gasteiger charge is -2.13. The van der Waals surface area contributed by atoms with Crippen molar-refractivity contribution in [3.8, 4) is 11.5 Å². The summed E-state index contributed by atoms with van der Waals surface area (Å²) in [6, 6.07) is 8.81. The lowest BCUT2D eigenvalue weighted by molar-refractivity contribution is 0.0939. The number of carbonyl (C=O) groups excluding carboxylic acids is 1. The number of hydrogen-bond donors (Lipinski definition) is 2. The van der Waals surface area contributed by atoms with Crippen molar-refractivity contribution >= 4 is 17.7 Å². The molecular weight excluding hydrogens is 328 g/mol. The normalized spacial score (nSPS) is 13.6. The van der Waals surface area contributed by atoms with Gasteiger partial charge in [0.25, 0.3) is 5.91 Å². The van der Waals surface area contributed by atoms with Crippen LogP contribution in [0.3, 0.4) is 0 Å². The molecule has 1 aromatic heterocycles. The molecule has 0 unspecified atom stereocenters. The van der Waals surface area contributed by atoms with Gasteiger partial charge in [-0.25, -0.2) is 4.98 Å². The largest absolute Gasteiger partial charge is 0.454 e. The van der Waals surface area contributed by atoms with Crippen molar-refractivity contribution in [3.05, 3.63) is 47.7 Å². The minimum atomic E-state index is -0.686. The Bertz CT molecular complexity index is 738. The van der Waals surface area contributed by atoms with Crippen LogP contribution in [0.2, 0.25) is 0 Å². The van der Waals surface area contributed by atoms with E-state index in [2.05, 4.69) is 10.3 Å². The number of aliphatic hydroxyl groups is 1. The second-order valence-electron chi connectivity index (χ2n) is 5.23. The minimum Gasteiger partial charge on any atom is -0.454 e. The summed E-state index contributed by atoms with van der Waals surface area (Å²) in [5.74, 6) is 1.13. The van der Waals surface area contributed by atoms with Crippen LogP contribution >= 0.6 is 11.8 Å². The molecular formula is C17H18N2O4S. The van der Waals surface area contributed by atoms with Crippen LogP contribution in [0.4, 0.5) is 0 Å². The monoisotopic (exact) mass is 346 g/mol. The van der Waals surface area contributed by atoms with Gasteiger partial charge in [-0.05, 0) is 42.5 Å². The third-order valence-corrected chi connectivity index (χ3v) is 4.41. The van der Waals surface area contributed by atoms with Gasteiger partial charge in [-0.1, -0.05) is 6.07 Å². The molecule has 1 amide bonds. The average Bonchev–Trinajstić information content (AvgIpc) is 3.09. The molecule has 0 spiro atoms. The molecule has 0 saturated heterocycles. The molecule has 24 heavy (non-hydrogen) atoms. The molecule has 126 valence electrons. The van der Waals surface area contributed by atoms with Gasteiger partial charge in [0, 0.05) is 12.7 Å². The highest BCUT2D eigenvalue weighted by Gasteiger charge is 2.17. The highest BCUT2D eigenvalue weighted by molar-refractivity contribution is 7.98. The zero-order chi connectivity index (χ0) is 16.9. The second-order valence-corrected chi connectivity index (χ2v) is 6.03. The molecule has 3 rings (SSSR count). The molecule has 2 N–H and O–H groups in total. The van der Waals surface area contributed by atoms with Gasteiger partial charge in [-0.2, -0.15) is 0 Å². The summed E-state index contributed by atoms with van der Waals surface area (Å²) in [5.41, 5.74) is 1.28. The smallest absolute Gasteiger partial charge is 0.254 e. The molecule has 7 heteroatoms. The van der Waals surface area contributed by atoms with Crippen molar-refractivity contribution in [2.45, 2.75) is 17.6 Å². The second kappa shape index (κ2) is 7.55. The molecule has 0 fully saturated rings. The van der Waals surface area contributed by atoms with Crippen LogP contribution in [0.1, 0.15) is 28.4 Å². The first-order chi connectivity index (χ1) is 11.7. The van der Waals surface area contributed by atoms with Crippen LogP contribution in [0.5, 0.6) is 11.5 Å². The van der Waals surface area contributed by atoms with Gasteiger partial charge in [-0.3, -0.25) is 4.79 Å². The summed E-state index contributed by atoms with van der Waals surface area (Å²) in [5, 5.41) is 13.8. The van der Waals surface area contributed by atoms with Crippen LogP contribution in [0, 0.1) is 0 Å². The van der Waals surface area contributed by atoms with Crippen LogP contribution in [-0.2, 0) is 0 Å². The predicted molar refractivity (Wildman–Crippen MR) is 90.5 cm³/mol. The van der Waals surface area contributed by atoms with Crippen molar-refractivity contribution in [1.82, 2.24) is 10.3 Å². The number of amides is 1. The number of fused-ring (bicyclic) bond motifs is 1. The Morgan fingerprint density at radius 3 is 3.04 bits per heavy atom. The number of nitrogens with zero attached hydrogens (tertiary/aromatic N) is 1. The van der Waals surface area contributed by atoms with Crippen LogP contribution in [-0.4, -0.2) is 35.6 Å². The van der Waals surface area contributed by atoms with Crippen molar-refractivity contribution < 1.29 is 19.4 Å². The first-order valence-electron chi connectivity index (χ1n) is 7.54. The number of aromatic nitrogens is 1. The number of hydrogen-bond acceptors (Lipinski definition) is 6. The molecule has 1 aromatic carbocycles. The van der Waals surface area contributed by atoms with Crippen molar-refractivity contribution in [1.29, 1.82) is 0 Å². The Morgan fingerprint density at radius 1 is 1.38 bits per heavy atom. The molecule has 0 bridgehead atoms. The SMILES string of the molecule is CSc1ncccc1C(=O)NCC[C@H](O)c1ccc2c(c1)OCO2. The molecule has 0 radical (unpaired) electrons. The topological polar surface area (TPSA) is 80.7 Å². The van der Waals surface area contributed by atoms with E-state index in [0.29, 0.717) is 35.1 Å². The van der Waals surface area contributed by atoms with E-state index in [1.807, 2.05) is 6.26 Å². The van der Waals surface area contributed by atoms with E-state index >= 15 is 0 Å². The van der Waals surface area contributed by atoms with Gasteiger partial charge in [0.05, 0.1) is 11.7 Å². The molecule has 2 heterocycles. The van der Waals surface area contributed by atoms with Crippen LogP contribution < -0.4 is 14.8 Å². The third kappa shape index (κ3) is 3.63. The maximum absolute atomic E-state index is 12.2. The Hall–Kier alpha value is -2.25. The van der Waals surface area contributed by atoms with Gasteiger partial charge in [-0.15, -0.1) is 11.8 Å². The molecule has 0 aliphatic carbocycles. The molecule has 2 aromatic rings. The van der Waals surface area contributed by atoms with Crippen molar-refractivity contribution in [2.75, 3.05) is 19.6 Å². The fourth-order valence-electron chi connectivity index (χ4n) is 2.43. The van der Waals surface area contributed by atoms with E-state index in [1.165, 1.54) is 11.8 Å². The fraction of sp³-hybridized carbons (Fsp3) is 0.294. The van der Waals surface area contributed by atoms with E-state index in [-0.39, 0.29) is 12.7 Å². The number of nitrogens with one attached hydrogen (secondary N) is 1. The van der Waals surface area contributed by atoms with E-state index < -0.39 is 6.10 Å². The number of ether oxygens (including phenoxy) is 2. The van der Waals surface area contributed by atoms with E-state index in [1.54, 1.807) is 36.5 Å². The molecule has 1 aliphatic rings. The Balaban J connectivity index is 1.55. The Kier molecular flexibility index (Phi) is 5.22. The number of rotatable bonds is 6. The van der Waals surface area contributed by atoms with Crippen molar-refractivity contribution in [2.24, 2.45) is 0 Å². The average molecular weight is 346 g/mol. The number of carbonyl (C=O) groups is 1. The Labute approximate surface area is 144 Å². The van der Waals surface area contributed by atoms with Gasteiger partial charge >= 0.3 is 0 Å². The molecule has 1 aliphatic heterocycles. The fourth-order valence-corrected chi connectivity index (χ4v) is 2.98. The summed E-state index contributed by atoms with van der Waals surface area (Å²) >= 11 is 1.42. The van der Waals surface area contributed by atoms with E-state index in [4.69, 9.17) is 9.47 Å². The van der Waals surface area contributed by atoms with Crippen molar-refractivity contribution in [3.63, 3.8) is 0 Å². The number of pyridine rings is 1. The Morgan fingerprint density at radius 2 is 2.21 bits per heavy atom. The van der Waals surface area contributed by atoms with Gasteiger partial charge in [0.1, 0.15) is 5.03 Å². The molecule has 1 atom stereocenters. The lowest BCUT2D eigenvalue weighted by Crippen LogP contribution is -2.26. The molecule has 6 nitrogen and oxygen atoms in total. The van der Waals surface area contributed by atoms with E-state index in [9.17, 15) is 9.90 Å². The maximum Gasteiger partial charge on any atom is 0.254 e. The zero-order valence-electron chi connectivity index (χ0n) is 13.2. The standard InChI is InChI=1S/C17H18N2O4S/c1-24-17-12(3-2-7-19-17)16(21)18-8-6-13(20)11-4-5-14-15(9-11)23-10-22-14/h2-5,7,9,13,20H,6,8,10H2,1H3,(H,18,21)/t13-/m0/s1.